The molecule has 0 bridgehead atoms. The van der Waals surface area contributed by atoms with Gasteiger partial charge in [0.1, 0.15) is 5.75 Å². The second-order valence-electron chi connectivity index (χ2n) is 5.71. The molecule has 1 saturated carbocycles. The summed E-state index contributed by atoms with van der Waals surface area (Å²) in [7, 11) is -1.84. The molecule has 0 atom stereocenters. The molecule has 0 unspecified atom stereocenters. The minimum Gasteiger partial charge on any atom is -0.495 e. The van der Waals surface area contributed by atoms with Crippen molar-refractivity contribution in [2.45, 2.75) is 18.9 Å². The van der Waals surface area contributed by atoms with E-state index >= 15 is 0 Å². The molecule has 0 saturated heterocycles. The van der Waals surface area contributed by atoms with Gasteiger partial charge in [-0.3, -0.25) is 4.79 Å². The van der Waals surface area contributed by atoms with Gasteiger partial charge < -0.3 is 20.7 Å². The van der Waals surface area contributed by atoms with Gasteiger partial charge in [-0.25, -0.2) is 17.9 Å². The summed E-state index contributed by atoms with van der Waals surface area (Å²) in [6.45, 7) is 0.191. The smallest absolute Gasteiger partial charge is 0.319 e. The summed E-state index contributed by atoms with van der Waals surface area (Å²) in [5.41, 5.74) is 0.765. The van der Waals surface area contributed by atoms with Gasteiger partial charge in [-0.2, -0.15) is 0 Å². The molecule has 1 aromatic carbocycles. The molecule has 0 radical (unpaired) electrons. The van der Waals surface area contributed by atoms with Crippen molar-refractivity contribution in [2.75, 3.05) is 31.8 Å². The third-order valence-corrected chi connectivity index (χ3v) is 4.13. The number of hydrogen-bond acceptors (Lipinski definition) is 5. The van der Waals surface area contributed by atoms with Crippen molar-refractivity contribution in [3.05, 3.63) is 23.8 Å². The lowest BCUT2D eigenvalue weighted by Crippen LogP contribution is -2.36. The maximum absolute atomic E-state index is 12.1. The molecule has 138 valence electrons. The first-order valence-corrected chi connectivity index (χ1v) is 9.66. The van der Waals surface area contributed by atoms with Gasteiger partial charge in [-0.1, -0.05) is 0 Å². The molecular formula is C15H22N4O5S. The summed E-state index contributed by atoms with van der Waals surface area (Å²) in [6, 6.07) is 4.45. The molecule has 0 heterocycles. The fourth-order valence-electron chi connectivity index (χ4n) is 2.02. The lowest BCUT2D eigenvalue weighted by molar-refractivity contribution is 0.0951. The van der Waals surface area contributed by atoms with Crippen LogP contribution >= 0.6 is 0 Å². The molecular weight excluding hydrogens is 348 g/mol. The summed E-state index contributed by atoms with van der Waals surface area (Å²) in [5, 5.41) is 7.97. The zero-order valence-corrected chi connectivity index (χ0v) is 14.9. The van der Waals surface area contributed by atoms with Crippen molar-refractivity contribution >= 4 is 27.6 Å². The van der Waals surface area contributed by atoms with Crippen LogP contribution in [0, 0.1) is 0 Å². The van der Waals surface area contributed by atoms with Crippen molar-refractivity contribution in [3.8, 4) is 5.75 Å². The number of carbonyl (C=O) groups excluding carboxylic acids is 2. The molecule has 3 amide bonds. The molecule has 0 spiro atoms. The lowest BCUT2D eigenvalue weighted by atomic mass is 10.1. The summed E-state index contributed by atoms with van der Waals surface area (Å²) in [4.78, 5) is 24.0. The molecule has 0 aliphatic heterocycles. The van der Waals surface area contributed by atoms with E-state index in [2.05, 4.69) is 20.7 Å². The molecule has 1 aliphatic carbocycles. The molecule has 9 nitrogen and oxygen atoms in total. The Morgan fingerprint density at radius 3 is 2.56 bits per heavy atom. The van der Waals surface area contributed by atoms with E-state index in [9.17, 15) is 18.0 Å². The van der Waals surface area contributed by atoms with E-state index in [0.717, 1.165) is 19.1 Å². The van der Waals surface area contributed by atoms with Gasteiger partial charge in [0.2, 0.25) is 10.0 Å². The SMILES string of the molecule is COc1ccc(C(=O)NC2CC2)cc1NC(=O)NCCNS(C)(=O)=O. The Labute approximate surface area is 146 Å². The van der Waals surface area contributed by atoms with Gasteiger partial charge in [0.25, 0.3) is 5.91 Å². The van der Waals surface area contributed by atoms with Crippen LogP contribution in [-0.2, 0) is 10.0 Å². The Hall–Kier alpha value is -2.33. The van der Waals surface area contributed by atoms with E-state index in [1.807, 2.05) is 0 Å². The zero-order valence-electron chi connectivity index (χ0n) is 14.1. The number of methoxy groups -OCH3 is 1. The predicted octanol–water partition coefficient (Wildman–Crippen LogP) is 0.258. The minimum absolute atomic E-state index is 0.0766. The second-order valence-corrected chi connectivity index (χ2v) is 7.54. The molecule has 2 rings (SSSR count). The second kappa shape index (κ2) is 8.17. The van der Waals surface area contributed by atoms with E-state index < -0.39 is 16.1 Å². The van der Waals surface area contributed by atoms with Gasteiger partial charge in [0, 0.05) is 24.7 Å². The average Bonchev–Trinajstić information content (AvgIpc) is 3.34. The number of rotatable bonds is 8. The van der Waals surface area contributed by atoms with Crippen LogP contribution < -0.4 is 25.4 Å². The third kappa shape index (κ3) is 6.59. The van der Waals surface area contributed by atoms with Crippen LogP contribution in [0.3, 0.4) is 0 Å². The monoisotopic (exact) mass is 370 g/mol. The third-order valence-electron chi connectivity index (χ3n) is 3.40. The van der Waals surface area contributed by atoms with Crippen LogP contribution in [0.4, 0.5) is 10.5 Å². The molecule has 25 heavy (non-hydrogen) atoms. The number of amides is 3. The van der Waals surface area contributed by atoms with Crippen molar-refractivity contribution in [1.82, 2.24) is 15.4 Å². The maximum Gasteiger partial charge on any atom is 0.319 e. The van der Waals surface area contributed by atoms with Crippen LogP contribution in [0.15, 0.2) is 18.2 Å². The lowest BCUT2D eigenvalue weighted by Gasteiger charge is -2.13. The summed E-state index contributed by atoms with van der Waals surface area (Å²) in [6.07, 6.45) is 3.00. The normalized spacial score (nSPS) is 13.8. The quantitative estimate of drug-likeness (QED) is 0.488. The Kier molecular flexibility index (Phi) is 6.21. The van der Waals surface area contributed by atoms with Gasteiger partial charge in [-0.05, 0) is 31.0 Å². The highest BCUT2D eigenvalue weighted by atomic mass is 32.2. The molecule has 1 aliphatic rings. The summed E-state index contributed by atoms with van der Waals surface area (Å²) >= 11 is 0. The van der Waals surface area contributed by atoms with Crippen LogP contribution in [0.1, 0.15) is 23.2 Å². The van der Waals surface area contributed by atoms with Crippen LogP contribution in [0.25, 0.3) is 0 Å². The van der Waals surface area contributed by atoms with Crippen LogP contribution in [0.5, 0.6) is 5.75 Å². The van der Waals surface area contributed by atoms with Crippen molar-refractivity contribution < 1.29 is 22.7 Å². The van der Waals surface area contributed by atoms with E-state index in [0.29, 0.717) is 17.0 Å². The van der Waals surface area contributed by atoms with Crippen LogP contribution in [0.2, 0.25) is 0 Å². The van der Waals surface area contributed by atoms with Gasteiger partial charge in [0.05, 0.1) is 19.1 Å². The number of carbonyl (C=O) groups is 2. The molecule has 0 aromatic heterocycles. The molecule has 1 fully saturated rings. The zero-order chi connectivity index (χ0) is 18.4. The summed E-state index contributed by atoms with van der Waals surface area (Å²) in [5.74, 6) is 0.207. The van der Waals surface area contributed by atoms with E-state index in [4.69, 9.17) is 4.74 Å². The topological polar surface area (TPSA) is 126 Å². The highest BCUT2D eigenvalue weighted by molar-refractivity contribution is 7.88. The number of sulfonamides is 1. The average molecular weight is 370 g/mol. The van der Waals surface area contributed by atoms with Gasteiger partial charge in [-0.15, -0.1) is 0 Å². The van der Waals surface area contributed by atoms with E-state index in [-0.39, 0.29) is 25.0 Å². The van der Waals surface area contributed by atoms with Crippen molar-refractivity contribution in [3.63, 3.8) is 0 Å². The van der Waals surface area contributed by atoms with Gasteiger partial charge >= 0.3 is 6.03 Å². The Morgan fingerprint density at radius 1 is 1.24 bits per heavy atom. The number of ether oxygens (including phenoxy) is 1. The molecule has 10 heteroatoms. The van der Waals surface area contributed by atoms with Gasteiger partial charge in [0.15, 0.2) is 0 Å². The number of urea groups is 1. The van der Waals surface area contributed by atoms with E-state index in [1.165, 1.54) is 13.2 Å². The Bertz CT molecular complexity index is 746. The van der Waals surface area contributed by atoms with Crippen molar-refractivity contribution in [2.24, 2.45) is 0 Å². The first-order chi connectivity index (χ1) is 11.8. The number of benzene rings is 1. The first-order valence-electron chi connectivity index (χ1n) is 7.77. The minimum atomic E-state index is -3.30. The van der Waals surface area contributed by atoms with Crippen LogP contribution in [-0.4, -0.2) is 52.9 Å². The standard InChI is InChI=1S/C15H22N4O5S/c1-24-13-6-3-10(14(20)18-11-4-5-11)9-12(13)19-15(21)16-7-8-17-25(2,22)23/h3,6,9,11,17H,4-5,7-8H2,1-2H3,(H,18,20)(H2,16,19,21). The highest BCUT2D eigenvalue weighted by Crippen LogP contribution is 2.26. The Morgan fingerprint density at radius 2 is 1.96 bits per heavy atom. The molecule has 1 aromatic rings. The highest BCUT2D eigenvalue weighted by Gasteiger charge is 2.24. The van der Waals surface area contributed by atoms with Crippen molar-refractivity contribution in [1.29, 1.82) is 0 Å². The Balaban J connectivity index is 1.94. The largest absolute Gasteiger partial charge is 0.495 e. The fourth-order valence-corrected chi connectivity index (χ4v) is 2.50. The first kappa shape index (κ1) is 19.0. The maximum atomic E-state index is 12.1. The predicted molar refractivity (Wildman–Crippen MR) is 93.4 cm³/mol. The number of nitrogens with one attached hydrogen (secondary N) is 4. The fraction of sp³-hybridized carbons (Fsp3) is 0.467. The summed E-state index contributed by atoms with van der Waals surface area (Å²) < 4.78 is 29.3. The van der Waals surface area contributed by atoms with E-state index in [1.54, 1.807) is 12.1 Å². The number of hydrogen-bond donors (Lipinski definition) is 4. The number of anilines is 1. The molecule has 4 N–H and O–H groups in total.